The van der Waals surface area contributed by atoms with Gasteiger partial charge in [-0.05, 0) is 17.7 Å². The van der Waals surface area contributed by atoms with Gasteiger partial charge in [-0.1, -0.05) is 19.1 Å². The Labute approximate surface area is 165 Å². The van der Waals surface area contributed by atoms with E-state index in [0.717, 1.165) is 56.1 Å². The molecule has 7 nitrogen and oxygen atoms in total. The molecule has 0 radical (unpaired) electrons. The van der Waals surface area contributed by atoms with Gasteiger partial charge in [0.25, 0.3) is 0 Å². The first-order valence-corrected chi connectivity index (χ1v) is 10.2. The number of guanidine groups is 1. The number of aromatic nitrogens is 2. The lowest BCUT2D eigenvalue weighted by Gasteiger charge is -2.36. The van der Waals surface area contributed by atoms with Crippen LogP contribution in [-0.4, -0.2) is 67.5 Å². The first kappa shape index (κ1) is 19.4. The minimum atomic E-state index is 0.769. The molecular formula is C19H29N7S. The van der Waals surface area contributed by atoms with Gasteiger partial charge >= 0.3 is 0 Å². The average Bonchev–Trinajstić information content (AvgIpc) is 3.18. The van der Waals surface area contributed by atoms with Gasteiger partial charge in [0.05, 0.1) is 0 Å². The van der Waals surface area contributed by atoms with Crippen LogP contribution in [0.1, 0.15) is 18.3 Å². The van der Waals surface area contributed by atoms with Gasteiger partial charge in [-0.2, -0.15) is 4.37 Å². The van der Waals surface area contributed by atoms with Gasteiger partial charge in [0.15, 0.2) is 5.96 Å². The molecule has 1 aliphatic rings. The van der Waals surface area contributed by atoms with E-state index >= 15 is 0 Å². The zero-order chi connectivity index (χ0) is 19.2. The Bertz CT molecular complexity index is 763. The number of aliphatic imine (C=N–C) groups is 1. The molecule has 1 fully saturated rings. The fourth-order valence-electron chi connectivity index (χ4n) is 3.08. The summed E-state index contributed by atoms with van der Waals surface area (Å²) in [5, 5.41) is 4.54. The van der Waals surface area contributed by atoms with Crippen LogP contribution in [-0.2, 0) is 13.0 Å². The summed E-state index contributed by atoms with van der Waals surface area (Å²) in [5.74, 6) is 1.89. The minimum Gasteiger partial charge on any atom is -0.378 e. The molecule has 0 unspecified atom stereocenters. The van der Waals surface area contributed by atoms with E-state index in [4.69, 9.17) is 0 Å². The zero-order valence-corrected chi connectivity index (χ0v) is 17.5. The van der Waals surface area contributed by atoms with Gasteiger partial charge in [-0.3, -0.25) is 4.99 Å². The molecule has 1 aromatic carbocycles. The first-order valence-electron chi connectivity index (χ1n) is 9.40. The van der Waals surface area contributed by atoms with Crippen LogP contribution in [0.25, 0.3) is 0 Å². The Morgan fingerprint density at radius 1 is 1.26 bits per heavy atom. The van der Waals surface area contributed by atoms with Gasteiger partial charge in [-0.15, -0.1) is 0 Å². The summed E-state index contributed by atoms with van der Waals surface area (Å²) in [7, 11) is 5.97. The monoisotopic (exact) mass is 387 g/mol. The Morgan fingerprint density at radius 2 is 2.04 bits per heavy atom. The normalized spacial score (nSPS) is 15.2. The third-order valence-electron chi connectivity index (χ3n) is 4.71. The van der Waals surface area contributed by atoms with Crippen molar-refractivity contribution < 1.29 is 0 Å². The maximum atomic E-state index is 4.61. The summed E-state index contributed by atoms with van der Waals surface area (Å²) in [4.78, 5) is 15.8. The Morgan fingerprint density at radius 3 is 2.67 bits per heavy atom. The molecule has 1 aliphatic heterocycles. The number of piperazine rings is 1. The molecule has 1 aromatic heterocycles. The summed E-state index contributed by atoms with van der Waals surface area (Å²) >= 11 is 1.50. The number of anilines is 2. The molecule has 2 heterocycles. The lowest BCUT2D eigenvalue weighted by molar-refractivity contribution is 0.372. The maximum absolute atomic E-state index is 4.61. The fraction of sp³-hybridized carbons (Fsp3) is 0.526. The highest BCUT2D eigenvalue weighted by molar-refractivity contribution is 7.09. The molecule has 0 saturated carbocycles. The molecule has 2 aromatic rings. The number of benzene rings is 1. The molecule has 0 aliphatic carbocycles. The highest BCUT2D eigenvalue weighted by Crippen LogP contribution is 2.19. The second kappa shape index (κ2) is 9.03. The molecule has 0 bridgehead atoms. The zero-order valence-electron chi connectivity index (χ0n) is 16.6. The molecular weight excluding hydrogens is 358 g/mol. The van der Waals surface area contributed by atoms with Crippen LogP contribution in [0.2, 0.25) is 0 Å². The number of rotatable bonds is 5. The van der Waals surface area contributed by atoms with Gasteiger partial charge in [0.1, 0.15) is 5.82 Å². The molecule has 8 heteroatoms. The van der Waals surface area contributed by atoms with Crippen molar-refractivity contribution in [2.45, 2.75) is 19.9 Å². The van der Waals surface area contributed by atoms with Crippen LogP contribution in [0, 0.1) is 0 Å². The summed E-state index contributed by atoms with van der Waals surface area (Å²) < 4.78 is 4.40. The second-order valence-corrected chi connectivity index (χ2v) is 7.52. The lowest BCUT2D eigenvalue weighted by Crippen LogP contribution is -2.52. The van der Waals surface area contributed by atoms with Crippen molar-refractivity contribution in [1.29, 1.82) is 0 Å². The Balaban J connectivity index is 1.54. The highest BCUT2D eigenvalue weighted by Gasteiger charge is 2.22. The van der Waals surface area contributed by atoms with Crippen LogP contribution in [0.15, 0.2) is 29.3 Å². The van der Waals surface area contributed by atoms with E-state index in [9.17, 15) is 0 Å². The van der Waals surface area contributed by atoms with Crippen molar-refractivity contribution in [3.8, 4) is 0 Å². The number of hydrogen-bond donors (Lipinski definition) is 1. The van der Waals surface area contributed by atoms with Crippen molar-refractivity contribution in [2.24, 2.45) is 4.99 Å². The van der Waals surface area contributed by atoms with Gasteiger partial charge in [0, 0.05) is 77.5 Å². The standard InChI is InChI=1S/C19H29N7S/c1-5-17-22-19(27-23-17)26-11-9-25(10-12-26)18(20-2)21-14-15-7-6-8-16(13-15)24(3)4/h6-8,13H,5,9-12,14H2,1-4H3,(H,20,21). The predicted octanol–water partition coefficient (Wildman–Crippen LogP) is 2.06. The SMILES string of the molecule is CCc1nsc(N2CCN(C(=NC)NCc3cccc(N(C)C)c3)CC2)n1. The van der Waals surface area contributed by atoms with Crippen molar-refractivity contribution in [2.75, 3.05) is 57.1 Å². The summed E-state index contributed by atoms with van der Waals surface area (Å²) in [6.07, 6.45) is 0.891. The summed E-state index contributed by atoms with van der Waals surface area (Å²) in [6.45, 7) is 6.60. The number of aryl methyl sites for hydroxylation is 1. The largest absolute Gasteiger partial charge is 0.378 e. The lowest BCUT2D eigenvalue weighted by atomic mass is 10.2. The minimum absolute atomic E-state index is 0.769. The summed E-state index contributed by atoms with van der Waals surface area (Å²) in [5.41, 5.74) is 2.46. The third-order valence-corrected chi connectivity index (χ3v) is 5.53. The van der Waals surface area contributed by atoms with E-state index in [2.05, 4.69) is 79.7 Å². The summed E-state index contributed by atoms with van der Waals surface area (Å²) in [6, 6.07) is 8.57. The van der Waals surface area contributed by atoms with Gasteiger partial charge in [-0.25, -0.2) is 4.98 Å². The van der Waals surface area contributed by atoms with Crippen molar-refractivity contribution in [3.63, 3.8) is 0 Å². The number of hydrogen-bond acceptors (Lipinski definition) is 6. The maximum Gasteiger partial charge on any atom is 0.205 e. The Kier molecular flexibility index (Phi) is 6.49. The molecule has 27 heavy (non-hydrogen) atoms. The highest BCUT2D eigenvalue weighted by atomic mass is 32.1. The average molecular weight is 388 g/mol. The van der Waals surface area contributed by atoms with E-state index in [1.807, 2.05) is 7.05 Å². The number of nitrogens with one attached hydrogen (secondary N) is 1. The molecule has 0 spiro atoms. The first-order chi connectivity index (χ1) is 13.1. The van der Waals surface area contributed by atoms with Crippen LogP contribution in [0.3, 0.4) is 0 Å². The smallest absolute Gasteiger partial charge is 0.205 e. The molecule has 3 rings (SSSR count). The number of nitrogens with zero attached hydrogens (tertiary/aromatic N) is 6. The van der Waals surface area contributed by atoms with E-state index in [1.165, 1.54) is 22.8 Å². The van der Waals surface area contributed by atoms with E-state index in [1.54, 1.807) is 0 Å². The Hall–Kier alpha value is -2.35. The van der Waals surface area contributed by atoms with Crippen LogP contribution in [0.5, 0.6) is 0 Å². The van der Waals surface area contributed by atoms with Crippen molar-refractivity contribution in [3.05, 3.63) is 35.7 Å². The molecule has 1 saturated heterocycles. The second-order valence-electron chi connectivity index (χ2n) is 6.79. The van der Waals surface area contributed by atoms with Crippen LogP contribution >= 0.6 is 11.5 Å². The molecule has 146 valence electrons. The topological polar surface area (TPSA) is 59.9 Å². The fourth-order valence-corrected chi connectivity index (χ4v) is 3.89. The van der Waals surface area contributed by atoms with Crippen LogP contribution in [0.4, 0.5) is 10.8 Å². The van der Waals surface area contributed by atoms with E-state index < -0.39 is 0 Å². The molecule has 1 N–H and O–H groups in total. The predicted molar refractivity (Wildman–Crippen MR) is 114 cm³/mol. The molecule has 0 amide bonds. The van der Waals surface area contributed by atoms with Crippen molar-refractivity contribution >= 4 is 28.3 Å². The van der Waals surface area contributed by atoms with Crippen molar-refractivity contribution in [1.82, 2.24) is 19.6 Å². The van der Waals surface area contributed by atoms with Gasteiger partial charge < -0.3 is 20.0 Å². The van der Waals surface area contributed by atoms with Crippen LogP contribution < -0.4 is 15.1 Å². The van der Waals surface area contributed by atoms with E-state index in [-0.39, 0.29) is 0 Å². The van der Waals surface area contributed by atoms with E-state index in [0.29, 0.717) is 0 Å². The van der Waals surface area contributed by atoms with Gasteiger partial charge in [0.2, 0.25) is 5.13 Å². The molecule has 0 atom stereocenters. The third kappa shape index (κ3) is 4.88. The quantitative estimate of drug-likeness (QED) is 0.626.